The van der Waals surface area contributed by atoms with Gasteiger partial charge in [0.05, 0.1) is 6.61 Å². The molecular weight excluding hydrogens is 261 g/mol. The third-order valence-corrected chi connectivity index (χ3v) is 2.71. The van der Waals surface area contributed by atoms with E-state index < -0.39 is 11.9 Å². The second-order valence-electron chi connectivity index (χ2n) is 4.57. The minimum Gasteiger partial charge on any atom is -0.488 e. The van der Waals surface area contributed by atoms with Gasteiger partial charge in [0.2, 0.25) is 0 Å². The normalized spacial score (nSPS) is 12.3. The number of aliphatic hydroxyl groups excluding tert-OH is 1. The van der Waals surface area contributed by atoms with Crippen LogP contribution < -0.4 is 10.1 Å². The quantitative estimate of drug-likeness (QED) is 0.610. The van der Waals surface area contributed by atoms with Crippen molar-refractivity contribution >= 4 is 0 Å². The van der Waals surface area contributed by atoms with E-state index in [1.807, 2.05) is 0 Å². The van der Waals surface area contributed by atoms with Crippen molar-refractivity contribution in [3.05, 3.63) is 30.1 Å². The Balaban J connectivity index is 2.03. The summed E-state index contributed by atoms with van der Waals surface area (Å²) in [6.45, 7) is 4.66. The smallest absolute Gasteiger partial charge is 0.165 e. The summed E-state index contributed by atoms with van der Waals surface area (Å²) in [4.78, 5) is 0. The number of benzene rings is 1. The van der Waals surface area contributed by atoms with Gasteiger partial charge in [0.1, 0.15) is 12.7 Å². The van der Waals surface area contributed by atoms with Gasteiger partial charge in [-0.25, -0.2) is 4.39 Å². The highest BCUT2D eigenvalue weighted by Gasteiger charge is 2.07. The first kappa shape index (κ1) is 16.9. The lowest BCUT2D eigenvalue weighted by molar-refractivity contribution is 0.0965. The lowest BCUT2D eigenvalue weighted by Gasteiger charge is -2.13. The van der Waals surface area contributed by atoms with Crippen LogP contribution >= 0.6 is 0 Å². The molecule has 0 radical (unpaired) electrons. The van der Waals surface area contributed by atoms with Crippen molar-refractivity contribution in [3.63, 3.8) is 0 Å². The summed E-state index contributed by atoms with van der Waals surface area (Å²) in [5.74, 6) is -0.258. The van der Waals surface area contributed by atoms with E-state index in [4.69, 9.17) is 9.47 Å². The van der Waals surface area contributed by atoms with Crippen LogP contribution in [-0.4, -0.2) is 44.1 Å². The lowest BCUT2D eigenvalue weighted by Crippen LogP contribution is -2.33. The zero-order chi connectivity index (χ0) is 14.6. The van der Waals surface area contributed by atoms with E-state index in [1.54, 1.807) is 12.1 Å². The molecule has 0 heterocycles. The number of rotatable bonds is 11. The van der Waals surface area contributed by atoms with Gasteiger partial charge in [-0.3, -0.25) is 0 Å². The van der Waals surface area contributed by atoms with Crippen molar-refractivity contribution < 1.29 is 19.0 Å². The highest BCUT2D eigenvalue weighted by Crippen LogP contribution is 2.15. The summed E-state index contributed by atoms with van der Waals surface area (Å²) in [5.41, 5.74) is 0. The van der Waals surface area contributed by atoms with Crippen molar-refractivity contribution in [2.24, 2.45) is 0 Å². The van der Waals surface area contributed by atoms with Gasteiger partial charge in [0.15, 0.2) is 11.6 Å². The molecule has 0 saturated carbocycles. The molecule has 1 atom stereocenters. The largest absolute Gasteiger partial charge is 0.488 e. The molecule has 1 rings (SSSR count). The molecule has 5 heteroatoms. The average Bonchev–Trinajstić information content (AvgIpc) is 2.45. The van der Waals surface area contributed by atoms with Crippen LogP contribution in [0.4, 0.5) is 4.39 Å². The first-order chi connectivity index (χ1) is 9.74. The first-order valence-electron chi connectivity index (χ1n) is 7.08. The summed E-state index contributed by atoms with van der Waals surface area (Å²) in [6.07, 6.45) is 1.52. The topological polar surface area (TPSA) is 50.7 Å². The van der Waals surface area contributed by atoms with Crippen LogP contribution in [0.15, 0.2) is 24.3 Å². The lowest BCUT2D eigenvalue weighted by atomic mass is 10.3. The van der Waals surface area contributed by atoms with E-state index in [0.717, 1.165) is 19.4 Å². The number of hydrogen-bond acceptors (Lipinski definition) is 4. The predicted octanol–water partition coefficient (Wildman–Crippen LogP) is 1.97. The Morgan fingerprint density at radius 2 is 2.10 bits per heavy atom. The number of para-hydroxylation sites is 1. The van der Waals surface area contributed by atoms with Crippen molar-refractivity contribution in [2.45, 2.75) is 25.9 Å². The summed E-state index contributed by atoms with van der Waals surface area (Å²) >= 11 is 0. The monoisotopic (exact) mass is 285 g/mol. The van der Waals surface area contributed by atoms with Crippen molar-refractivity contribution in [2.75, 3.05) is 32.9 Å². The minimum atomic E-state index is -0.676. The fourth-order valence-corrected chi connectivity index (χ4v) is 1.57. The van der Waals surface area contributed by atoms with E-state index in [1.165, 1.54) is 12.1 Å². The maximum Gasteiger partial charge on any atom is 0.165 e. The zero-order valence-electron chi connectivity index (χ0n) is 12.0. The third kappa shape index (κ3) is 7.43. The van der Waals surface area contributed by atoms with Crippen LogP contribution in [-0.2, 0) is 4.74 Å². The van der Waals surface area contributed by atoms with Gasteiger partial charge in [0.25, 0.3) is 0 Å². The molecule has 0 aliphatic carbocycles. The van der Waals surface area contributed by atoms with Crippen LogP contribution in [0.3, 0.4) is 0 Å². The van der Waals surface area contributed by atoms with Crippen LogP contribution in [0.1, 0.15) is 19.8 Å². The van der Waals surface area contributed by atoms with Crippen LogP contribution in [0.25, 0.3) is 0 Å². The maximum absolute atomic E-state index is 13.3. The Labute approximate surface area is 119 Å². The fourth-order valence-electron chi connectivity index (χ4n) is 1.57. The van der Waals surface area contributed by atoms with Gasteiger partial charge in [-0.15, -0.1) is 0 Å². The van der Waals surface area contributed by atoms with E-state index in [2.05, 4.69) is 12.2 Å². The Hall–Kier alpha value is -1.17. The predicted molar refractivity (Wildman–Crippen MR) is 76.5 cm³/mol. The molecule has 1 aromatic rings. The molecule has 0 aliphatic rings. The molecule has 1 unspecified atom stereocenters. The van der Waals surface area contributed by atoms with Crippen molar-refractivity contribution in [1.82, 2.24) is 5.32 Å². The van der Waals surface area contributed by atoms with Gasteiger partial charge in [-0.1, -0.05) is 25.5 Å². The molecule has 2 N–H and O–H groups in total. The van der Waals surface area contributed by atoms with Crippen LogP contribution in [0.5, 0.6) is 5.75 Å². The zero-order valence-corrected chi connectivity index (χ0v) is 12.0. The maximum atomic E-state index is 13.3. The summed E-state index contributed by atoms with van der Waals surface area (Å²) in [7, 11) is 0. The molecule has 0 saturated heterocycles. The van der Waals surface area contributed by atoms with Gasteiger partial charge < -0.3 is 19.9 Å². The number of ether oxygens (including phenoxy) is 2. The van der Waals surface area contributed by atoms with Crippen molar-refractivity contribution in [1.29, 1.82) is 0 Å². The van der Waals surface area contributed by atoms with Crippen LogP contribution in [0.2, 0.25) is 0 Å². The van der Waals surface area contributed by atoms with E-state index in [-0.39, 0.29) is 12.4 Å². The molecule has 0 bridgehead atoms. The molecule has 0 aliphatic heterocycles. The number of hydrogen-bond donors (Lipinski definition) is 2. The Kier molecular flexibility index (Phi) is 8.95. The number of unbranched alkanes of at least 4 members (excludes halogenated alkanes) is 1. The second kappa shape index (κ2) is 10.6. The molecule has 4 nitrogen and oxygen atoms in total. The van der Waals surface area contributed by atoms with E-state index >= 15 is 0 Å². The van der Waals surface area contributed by atoms with Crippen molar-refractivity contribution in [3.8, 4) is 5.75 Å². The van der Waals surface area contributed by atoms with Crippen LogP contribution in [0, 0.1) is 5.82 Å². The molecule has 0 spiro atoms. The highest BCUT2D eigenvalue weighted by atomic mass is 19.1. The van der Waals surface area contributed by atoms with E-state index in [0.29, 0.717) is 19.7 Å². The van der Waals surface area contributed by atoms with E-state index in [9.17, 15) is 9.50 Å². The number of nitrogens with one attached hydrogen (secondary N) is 1. The Morgan fingerprint density at radius 1 is 1.30 bits per heavy atom. The molecule has 0 amide bonds. The third-order valence-electron chi connectivity index (χ3n) is 2.71. The molecular formula is C15H24FNO3. The number of aliphatic hydroxyl groups is 1. The summed E-state index contributed by atoms with van der Waals surface area (Å²) < 4.78 is 23.8. The highest BCUT2D eigenvalue weighted by molar-refractivity contribution is 5.23. The first-order valence-corrected chi connectivity index (χ1v) is 7.08. The molecule has 114 valence electrons. The molecule has 0 aromatic heterocycles. The Morgan fingerprint density at radius 3 is 2.85 bits per heavy atom. The summed E-state index contributed by atoms with van der Waals surface area (Å²) in [6, 6.07) is 6.15. The molecule has 0 fully saturated rings. The standard InChI is InChI=1S/C15H24FNO3/c1-2-3-9-19-10-8-17-11-13(18)12-20-15-7-5-4-6-14(15)16/h4-7,13,17-18H,2-3,8-12H2,1H3. The minimum absolute atomic E-state index is 0.0601. The fraction of sp³-hybridized carbons (Fsp3) is 0.600. The van der Waals surface area contributed by atoms with Gasteiger partial charge >= 0.3 is 0 Å². The summed E-state index contributed by atoms with van der Waals surface area (Å²) in [5, 5.41) is 12.8. The molecule has 20 heavy (non-hydrogen) atoms. The molecule has 1 aromatic carbocycles. The number of halogens is 1. The Bertz CT molecular complexity index is 363. The SMILES string of the molecule is CCCCOCCNCC(O)COc1ccccc1F. The van der Waals surface area contributed by atoms with Gasteiger partial charge in [-0.05, 0) is 18.6 Å². The average molecular weight is 285 g/mol. The van der Waals surface area contributed by atoms with Gasteiger partial charge in [-0.2, -0.15) is 0 Å². The second-order valence-corrected chi connectivity index (χ2v) is 4.57. The van der Waals surface area contributed by atoms with Gasteiger partial charge in [0, 0.05) is 19.7 Å².